The summed E-state index contributed by atoms with van der Waals surface area (Å²) < 4.78 is 0. The normalized spacial score (nSPS) is 15.1. The third-order valence-corrected chi connectivity index (χ3v) is 3.98. The van der Waals surface area contributed by atoms with Gasteiger partial charge in [-0.15, -0.1) is 0 Å². The van der Waals surface area contributed by atoms with Crippen LogP contribution in [0.15, 0.2) is 54.7 Å². The summed E-state index contributed by atoms with van der Waals surface area (Å²) in [5.41, 5.74) is 4.14. The summed E-state index contributed by atoms with van der Waals surface area (Å²) in [6, 6.07) is 15.2. The van der Waals surface area contributed by atoms with E-state index < -0.39 is 0 Å². The molecule has 0 radical (unpaired) electrons. The zero-order valence-corrected chi connectivity index (χ0v) is 12.3. The number of para-hydroxylation sites is 1. The van der Waals surface area contributed by atoms with Crippen molar-refractivity contribution in [3.63, 3.8) is 0 Å². The number of fused-ring (bicyclic) bond motifs is 2. The van der Waals surface area contributed by atoms with Gasteiger partial charge >= 0.3 is 0 Å². The molecule has 0 unspecified atom stereocenters. The van der Waals surface area contributed by atoms with Gasteiger partial charge in [0.2, 0.25) is 0 Å². The van der Waals surface area contributed by atoms with E-state index >= 15 is 0 Å². The Bertz CT molecular complexity index is 941. The van der Waals surface area contributed by atoms with Crippen LogP contribution in [-0.2, 0) is 4.79 Å². The maximum absolute atomic E-state index is 12.2. The van der Waals surface area contributed by atoms with Crippen molar-refractivity contribution in [2.45, 2.75) is 0 Å². The van der Waals surface area contributed by atoms with E-state index in [0.29, 0.717) is 10.6 Å². The molecular formula is C18H11ClN2O. The molecule has 0 saturated carbocycles. The van der Waals surface area contributed by atoms with Gasteiger partial charge in [-0.3, -0.25) is 9.78 Å². The highest BCUT2D eigenvalue weighted by molar-refractivity contribution is 6.36. The van der Waals surface area contributed by atoms with Crippen molar-refractivity contribution < 1.29 is 4.79 Å². The van der Waals surface area contributed by atoms with Crippen molar-refractivity contribution in [1.29, 1.82) is 0 Å². The first kappa shape index (κ1) is 13.0. The number of halogens is 1. The molecule has 3 nitrogen and oxygen atoms in total. The van der Waals surface area contributed by atoms with Crippen LogP contribution in [-0.4, -0.2) is 10.9 Å². The third-order valence-electron chi connectivity index (χ3n) is 3.75. The Morgan fingerprint density at radius 3 is 2.86 bits per heavy atom. The van der Waals surface area contributed by atoms with Crippen molar-refractivity contribution in [1.82, 2.24) is 4.98 Å². The lowest BCUT2D eigenvalue weighted by Gasteiger charge is -2.03. The van der Waals surface area contributed by atoms with E-state index in [4.69, 9.17) is 11.6 Å². The van der Waals surface area contributed by atoms with Crippen LogP contribution in [0.3, 0.4) is 0 Å². The molecule has 1 aliphatic heterocycles. The zero-order valence-electron chi connectivity index (χ0n) is 11.5. The molecule has 2 heterocycles. The van der Waals surface area contributed by atoms with Gasteiger partial charge in [0.15, 0.2) is 0 Å². The number of amides is 1. The first-order valence-electron chi connectivity index (χ1n) is 6.89. The Morgan fingerprint density at radius 2 is 1.95 bits per heavy atom. The molecule has 1 N–H and O–H groups in total. The fourth-order valence-electron chi connectivity index (χ4n) is 2.71. The van der Waals surface area contributed by atoms with E-state index in [1.165, 1.54) is 0 Å². The molecule has 1 aromatic heterocycles. The molecule has 2 aromatic carbocycles. The number of pyridine rings is 1. The Hall–Kier alpha value is -2.65. The van der Waals surface area contributed by atoms with Gasteiger partial charge in [-0.05, 0) is 35.9 Å². The van der Waals surface area contributed by atoms with Crippen LogP contribution >= 0.6 is 11.6 Å². The summed E-state index contributed by atoms with van der Waals surface area (Å²) in [5.74, 6) is -0.113. The van der Waals surface area contributed by atoms with Crippen LogP contribution in [0.1, 0.15) is 11.1 Å². The lowest BCUT2D eigenvalue weighted by atomic mass is 10.0. The average Bonchev–Trinajstić information content (AvgIpc) is 2.83. The summed E-state index contributed by atoms with van der Waals surface area (Å²) in [6.07, 6.45) is 3.66. The van der Waals surface area contributed by atoms with Gasteiger partial charge < -0.3 is 5.32 Å². The van der Waals surface area contributed by atoms with Crippen LogP contribution in [0.2, 0.25) is 5.02 Å². The maximum atomic E-state index is 12.2. The molecule has 0 atom stereocenters. The van der Waals surface area contributed by atoms with Crippen LogP contribution in [0.4, 0.5) is 5.69 Å². The van der Waals surface area contributed by atoms with Crippen molar-refractivity contribution in [3.8, 4) is 0 Å². The maximum Gasteiger partial charge on any atom is 0.256 e. The molecule has 0 spiro atoms. The number of nitrogens with one attached hydrogen (secondary N) is 1. The molecule has 0 bridgehead atoms. The first-order chi connectivity index (χ1) is 10.7. The molecule has 1 amide bonds. The van der Waals surface area contributed by atoms with E-state index in [1.807, 2.05) is 42.5 Å². The van der Waals surface area contributed by atoms with E-state index in [0.717, 1.165) is 27.7 Å². The fourth-order valence-corrected chi connectivity index (χ4v) is 2.88. The van der Waals surface area contributed by atoms with Crippen molar-refractivity contribution >= 4 is 45.7 Å². The van der Waals surface area contributed by atoms with Gasteiger partial charge in [0.05, 0.1) is 11.2 Å². The predicted molar refractivity (Wildman–Crippen MR) is 89.7 cm³/mol. The summed E-state index contributed by atoms with van der Waals surface area (Å²) in [7, 11) is 0. The minimum atomic E-state index is -0.113. The highest BCUT2D eigenvalue weighted by Crippen LogP contribution is 2.35. The Labute approximate surface area is 132 Å². The van der Waals surface area contributed by atoms with E-state index in [9.17, 15) is 4.79 Å². The molecule has 3 aromatic rings. The molecule has 1 aliphatic rings. The predicted octanol–water partition coefficient (Wildman–Crippen LogP) is 4.38. The quantitative estimate of drug-likeness (QED) is 0.678. The number of carbonyl (C=O) groups is 1. The smallest absolute Gasteiger partial charge is 0.256 e. The molecule has 0 aliphatic carbocycles. The SMILES string of the molecule is O=C1Nc2cc(Cl)ccc2C1=Cc1ccnc2ccccc12. The minimum absolute atomic E-state index is 0.113. The number of aromatic nitrogens is 1. The fraction of sp³-hybridized carbons (Fsp3) is 0. The molecule has 4 heteroatoms. The summed E-state index contributed by atoms with van der Waals surface area (Å²) in [4.78, 5) is 16.6. The van der Waals surface area contributed by atoms with Gasteiger partial charge in [-0.1, -0.05) is 35.9 Å². The van der Waals surface area contributed by atoms with Crippen LogP contribution in [0, 0.1) is 0 Å². The van der Waals surface area contributed by atoms with Crippen LogP contribution < -0.4 is 5.32 Å². The largest absolute Gasteiger partial charge is 0.321 e. The van der Waals surface area contributed by atoms with Crippen molar-refractivity contribution in [2.24, 2.45) is 0 Å². The van der Waals surface area contributed by atoms with Gasteiger partial charge in [-0.25, -0.2) is 0 Å². The highest BCUT2D eigenvalue weighted by atomic mass is 35.5. The molecule has 0 fully saturated rings. The second-order valence-corrected chi connectivity index (χ2v) is 5.56. The van der Waals surface area contributed by atoms with Gasteiger partial charge in [0.1, 0.15) is 0 Å². The minimum Gasteiger partial charge on any atom is -0.321 e. The summed E-state index contributed by atoms with van der Waals surface area (Å²) >= 11 is 5.98. The second kappa shape index (κ2) is 4.97. The Kier molecular flexibility index (Phi) is 2.94. The Morgan fingerprint density at radius 1 is 1.09 bits per heavy atom. The summed E-state index contributed by atoms with van der Waals surface area (Å²) in [5, 5.41) is 4.48. The van der Waals surface area contributed by atoms with E-state index in [2.05, 4.69) is 10.3 Å². The number of carbonyl (C=O) groups excluding carboxylic acids is 1. The molecule has 106 valence electrons. The Balaban J connectivity index is 1.91. The highest BCUT2D eigenvalue weighted by Gasteiger charge is 2.24. The number of anilines is 1. The molecular weight excluding hydrogens is 296 g/mol. The molecule has 0 saturated heterocycles. The van der Waals surface area contributed by atoms with Crippen LogP contribution in [0.5, 0.6) is 0 Å². The topological polar surface area (TPSA) is 42.0 Å². The molecule has 4 rings (SSSR count). The lowest BCUT2D eigenvalue weighted by molar-refractivity contribution is -0.110. The van der Waals surface area contributed by atoms with Crippen molar-refractivity contribution in [2.75, 3.05) is 5.32 Å². The average molecular weight is 307 g/mol. The number of hydrogen-bond acceptors (Lipinski definition) is 2. The van der Waals surface area contributed by atoms with Gasteiger partial charge in [0.25, 0.3) is 5.91 Å². The number of hydrogen-bond donors (Lipinski definition) is 1. The van der Waals surface area contributed by atoms with Gasteiger partial charge in [-0.2, -0.15) is 0 Å². The van der Waals surface area contributed by atoms with E-state index in [-0.39, 0.29) is 5.91 Å². The number of benzene rings is 2. The monoisotopic (exact) mass is 306 g/mol. The summed E-state index contributed by atoms with van der Waals surface area (Å²) in [6.45, 7) is 0. The third kappa shape index (κ3) is 2.07. The molecule has 22 heavy (non-hydrogen) atoms. The first-order valence-corrected chi connectivity index (χ1v) is 7.27. The zero-order chi connectivity index (χ0) is 15.1. The van der Waals surface area contributed by atoms with Crippen LogP contribution in [0.25, 0.3) is 22.6 Å². The van der Waals surface area contributed by atoms with E-state index in [1.54, 1.807) is 18.3 Å². The van der Waals surface area contributed by atoms with Gasteiger partial charge in [0, 0.05) is 27.7 Å². The van der Waals surface area contributed by atoms with Crippen molar-refractivity contribution in [3.05, 3.63) is 70.9 Å². The number of rotatable bonds is 1. The lowest BCUT2D eigenvalue weighted by Crippen LogP contribution is -2.03. The standard InChI is InChI=1S/C18H11ClN2O/c19-12-5-6-14-15(18(22)21-17(14)10-12)9-11-7-8-20-16-4-2-1-3-13(11)16/h1-10H,(H,21,22). The number of nitrogens with zero attached hydrogens (tertiary/aromatic N) is 1. The second-order valence-electron chi connectivity index (χ2n) is 5.12.